The summed E-state index contributed by atoms with van der Waals surface area (Å²) in [5, 5.41) is 8.80. The molecule has 0 aromatic heterocycles. The molecular weight excluding hydrogens is 132 g/mol. The van der Waals surface area contributed by atoms with Crippen LogP contribution in [0.3, 0.4) is 0 Å². The Hall–Kier alpha value is -0.120. The van der Waals surface area contributed by atoms with Crippen molar-refractivity contribution in [1.29, 1.82) is 0 Å². The van der Waals surface area contributed by atoms with Crippen molar-refractivity contribution in [3.63, 3.8) is 0 Å². The van der Waals surface area contributed by atoms with Gasteiger partial charge in [-0.3, -0.25) is 0 Å². The SMILES string of the molecule is CCOC(C)(CO)OCC. The van der Waals surface area contributed by atoms with Gasteiger partial charge in [0.2, 0.25) is 0 Å². The molecular formula is C7H16O3. The first-order chi connectivity index (χ1) is 4.68. The van der Waals surface area contributed by atoms with Gasteiger partial charge in [0.15, 0.2) is 5.79 Å². The third kappa shape index (κ3) is 3.15. The van der Waals surface area contributed by atoms with E-state index in [1.54, 1.807) is 6.92 Å². The van der Waals surface area contributed by atoms with Crippen molar-refractivity contribution < 1.29 is 14.6 Å². The maximum Gasteiger partial charge on any atom is 0.188 e. The highest BCUT2D eigenvalue weighted by Gasteiger charge is 2.22. The first-order valence-corrected chi connectivity index (χ1v) is 3.57. The zero-order valence-electron chi connectivity index (χ0n) is 6.89. The van der Waals surface area contributed by atoms with E-state index in [0.29, 0.717) is 13.2 Å². The van der Waals surface area contributed by atoms with Gasteiger partial charge in [-0.1, -0.05) is 0 Å². The maximum absolute atomic E-state index is 8.80. The Bertz CT molecular complexity index is 76.9. The van der Waals surface area contributed by atoms with E-state index in [1.807, 2.05) is 13.8 Å². The van der Waals surface area contributed by atoms with Gasteiger partial charge in [0.25, 0.3) is 0 Å². The van der Waals surface area contributed by atoms with Gasteiger partial charge in [-0.2, -0.15) is 0 Å². The summed E-state index contributed by atoms with van der Waals surface area (Å²) >= 11 is 0. The predicted molar refractivity (Wildman–Crippen MR) is 38.7 cm³/mol. The van der Waals surface area contributed by atoms with E-state index in [2.05, 4.69) is 0 Å². The van der Waals surface area contributed by atoms with Gasteiger partial charge in [0, 0.05) is 13.2 Å². The van der Waals surface area contributed by atoms with Crippen LogP contribution in [0.25, 0.3) is 0 Å². The van der Waals surface area contributed by atoms with E-state index in [9.17, 15) is 0 Å². The van der Waals surface area contributed by atoms with Crippen LogP contribution in [0.15, 0.2) is 0 Å². The van der Waals surface area contributed by atoms with Gasteiger partial charge in [0.1, 0.15) is 0 Å². The van der Waals surface area contributed by atoms with E-state index in [1.165, 1.54) is 0 Å². The van der Waals surface area contributed by atoms with Crippen LogP contribution in [0, 0.1) is 0 Å². The Labute approximate surface area is 62.0 Å². The number of rotatable bonds is 5. The Morgan fingerprint density at radius 1 is 1.20 bits per heavy atom. The number of aliphatic hydroxyl groups is 1. The van der Waals surface area contributed by atoms with Gasteiger partial charge >= 0.3 is 0 Å². The predicted octanol–water partition coefficient (Wildman–Crippen LogP) is 0.768. The highest BCUT2D eigenvalue weighted by molar-refractivity contribution is 4.58. The first-order valence-electron chi connectivity index (χ1n) is 3.57. The molecule has 0 saturated carbocycles. The largest absolute Gasteiger partial charge is 0.391 e. The lowest BCUT2D eigenvalue weighted by Crippen LogP contribution is -2.36. The Morgan fingerprint density at radius 3 is 1.80 bits per heavy atom. The highest BCUT2D eigenvalue weighted by Crippen LogP contribution is 2.10. The van der Waals surface area contributed by atoms with Crippen molar-refractivity contribution in [2.24, 2.45) is 0 Å². The fourth-order valence-electron chi connectivity index (χ4n) is 0.744. The van der Waals surface area contributed by atoms with Crippen LogP contribution < -0.4 is 0 Å². The fourth-order valence-corrected chi connectivity index (χ4v) is 0.744. The van der Waals surface area contributed by atoms with Gasteiger partial charge in [-0.15, -0.1) is 0 Å². The van der Waals surface area contributed by atoms with Crippen LogP contribution in [0.5, 0.6) is 0 Å². The van der Waals surface area contributed by atoms with Crippen LogP contribution in [0.2, 0.25) is 0 Å². The first kappa shape index (κ1) is 9.88. The highest BCUT2D eigenvalue weighted by atomic mass is 16.7. The number of hydrogen-bond donors (Lipinski definition) is 1. The molecule has 0 unspecified atom stereocenters. The minimum atomic E-state index is -0.802. The molecule has 0 aromatic rings. The van der Waals surface area contributed by atoms with E-state index < -0.39 is 5.79 Å². The third-order valence-corrected chi connectivity index (χ3v) is 1.19. The van der Waals surface area contributed by atoms with Crippen molar-refractivity contribution in [3.8, 4) is 0 Å². The Kier molecular flexibility index (Phi) is 4.60. The molecule has 0 heterocycles. The van der Waals surface area contributed by atoms with E-state index in [0.717, 1.165) is 0 Å². The average Bonchev–Trinajstić information content (AvgIpc) is 1.89. The van der Waals surface area contributed by atoms with Gasteiger partial charge in [-0.05, 0) is 20.8 Å². The zero-order valence-corrected chi connectivity index (χ0v) is 6.89. The third-order valence-electron chi connectivity index (χ3n) is 1.19. The lowest BCUT2D eigenvalue weighted by atomic mass is 10.3. The van der Waals surface area contributed by atoms with Gasteiger partial charge in [0.05, 0.1) is 6.61 Å². The summed E-state index contributed by atoms with van der Waals surface area (Å²) in [4.78, 5) is 0. The quantitative estimate of drug-likeness (QED) is 0.585. The molecule has 0 amide bonds. The molecule has 0 atom stereocenters. The lowest BCUT2D eigenvalue weighted by molar-refractivity contribution is -0.238. The van der Waals surface area contributed by atoms with Crippen LogP contribution in [0.4, 0.5) is 0 Å². The van der Waals surface area contributed by atoms with Crippen LogP contribution >= 0.6 is 0 Å². The average molecular weight is 148 g/mol. The molecule has 0 bridgehead atoms. The number of ether oxygens (including phenoxy) is 2. The van der Waals surface area contributed by atoms with E-state index in [4.69, 9.17) is 14.6 Å². The van der Waals surface area contributed by atoms with Crippen molar-refractivity contribution in [2.75, 3.05) is 19.8 Å². The van der Waals surface area contributed by atoms with Gasteiger partial charge < -0.3 is 14.6 Å². The van der Waals surface area contributed by atoms with E-state index in [-0.39, 0.29) is 6.61 Å². The second kappa shape index (κ2) is 4.66. The van der Waals surface area contributed by atoms with E-state index >= 15 is 0 Å². The topological polar surface area (TPSA) is 38.7 Å². The summed E-state index contributed by atoms with van der Waals surface area (Å²) in [5.74, 6) is -0.802. The van der Waals surface area contributed by atoms with Crippen molar-refractivity contribution in [1.82, 2.24) is 0 Å². The summed E-state index contributed by atoms with van der Waals surface area (Å²) in [6.07, 6.45) is 0. The zero-order chi connectivity index (χ0) is 8.04. The molecule has 10 heavy (non-hydrogen) atoms. The molecule has 3 heteroatoms. The molecule has 0 aromatic carbocycles. The monoisotopic (exact) mass is 148 g/mol. The minimum Gasteiger partial charge on any atom is -0.391 e. The number of hydrogen-bond acceptors (Lipinski definition) is 3. The summed E-state index contributed by atoms with van der Waals surface area (Å²) in [7, 11) is 0. The fraction of sp³-hybridized carbons (Fsp3) is 1.00. The standard InChI is InChI=1S/C7H16O3/c1-4-9-7(3,6-8)10-5-2/h8H,4-6H2,1-3H3. The Morgan fingerprint density at radius 2 is 1.60 bits per heavy atom. The molecule has 3 nitrogen and oxygen atoms in total. The second-order valence-corrected chi connectivity index (χ2v) is 2.16. The summed E-state index contributed by atoms with van der Waals surface area (Å²) < 4.78 is 10.3. The minimum absolute atomic E-state index is 0.103. The van der Waals surface area contributed by atoms with Crippen LogP contribution in [0.1, 0.15) is 20.8 Å². The molecule has 0 aliphatic carbocycles. The summed E-state index contributed by atoms with van der Waals surface area (Å²) in [5.41, 5.74) is 0. The number of aliphatic hydroxyl groups excluding tert-OH is 1. The smallest absolute Gasteiger partial charge is 0.188 e. The molecule has 0 radical (unpaired) electrons. The Balaban J connectivity index is 3.69. The molecule has 0 rings (SSSR count). The molecule has 0 saturated heterocycles. The molecule has 1 N–H and O–H groups in total. The molecule has 62 valence electrons. The summed E-state index contributed by atoms with van der Waals surface area (Å²) in [6, 6.07) is 0. The molecule has 0 spiro atoms. The maximum atomic E-state index is 8.80. The van der Waals surface area contributed by atoms with Crippen molar-refractivity contribution in [3.05, 3.63) is 0 Å². The van der Waals surface area contributed by atoms with Crippen LogP contribution in [-0.2, 0) is 9.47 Å². The molecule has 0 fully saturated rings. The lowest BCUT2D eigenvalue weighted by Gasteiger charge is -2.26. The van der Waals surface area contributed by atoms with Gasteiger partial charge in [-0.25, -0.2) is 0 Å². The normalized spacial score (nSPS) is 12.0. The molecule has 0 aliphatic heterocycles. The van der Waals surface area contributed by atoms with Crippen LogP contribution in [-0.4, -0.2) is 30.7 Å². The summed E-state index contributed by atoms with van der Waals surface area (Å²) in [6.45, 7) is 6.46. The van der Waals surface area contributed by atoms with Crippen molar-refractivity contribution >= 4 is 0 Å². The van der Waals surface area contributed by atoms with Crippen molar-refractivity contribution in [2.45, 2.75) is 26.6 Å². The second-order valence-electron chi connectivity index (χ2n) is 2.16. The molecule has 0 aliphatic rings.